The summed E-state index contributed by atoms with van der Waals surface area (Å²) < 4.78 is 67.9. The van der Waals surface area contributed by atoms with Crippen LogP contribution in [0.25, 0.3) is 56.2 Å². The smallest absolute Gasteiger partial charge is 0.497 e. The molecule has 50 heavy (non-hydrogen) atoms. The van der Waals surface area contributed by atoms with Crippen molar-refractivity contribution < 1.29 is 40.0 Å². The van der Waals surface area contributed by atoms with E-state index in [4.69, 9.17) is 17.7 Å². The van der Waals surface area contributed by atoms with Crippen LogP contribution in [0, 0.1) is 13.8 Å². The summed E-state index contributed by atoms with van der Waals surface area (Å²) in [6.07, 6.45) is 11.2. The molecule has 0 radical (unpaired) electrons. The van der Waals surface area contributed by atoms with Crippen LogP contribution in [0.1, 0.15) is 33.4 Å². The maximum atomic E-state index is 10.7. The monoisotopic (exact) mass is 696 g/mol. The average molecular weight is 697 g/mol. The van der Waals surface area contributed by atoms with Crippen LogP contribution in [0.5, 0.6) is 5.75 Å². The lowest BCUT2D eigenvalue weighted by Crippen LogP contribution is -2.43. The van der Waals surface area contributed by atoms with E-state index < -0.39 is 15.6 Å². The predicted octanol–water partition coefficient (Wildman–Crippen LogP) is 8.20. The highest BCUT2D eigenvalue weighted by Gasteiger charge is 2.44. The van der Waals surface area contributed by atoms with Crippen molar-refractivity contribution in [2.75, 3.05) is 7.11 Å². The van der Waals surface area contributed by atoms with Crippen molar-refractivity contribution in [1.82, 2.24) is 0 Å². The Morgan fingerprint density at radius 3 is 2.04 bits per heavy atom. The van der Waals surface area contributed by atoms with Crippen LogP contribution in [0.15, 0.2) is 91.3 Å². The zero-order valence-electron chi connectivity index (χ0n) is 27.8. The quantitative estimate of drug-likeness (QED) is 0.115. The zero-order valence-corrected chi connectivity index (χ0v) is 28.6. The number of hydrogen-bond donors (Lipinski definition) is 1. The fraction of sp³-hybridized carbons (Fsp3) is 0.200. The lowest BCUT2D eigenvalue weighted by atomic mass is 9.79. The lowest BCUT2D eigenvalue weighted by Gasteiger charge is -2.27. The summed E-state index contributed by atoms with van der Waals surface area (Å²) in [5, 5.41) is 5.05. The molecule has 10 heteroatoms. The average Bonchev–Trinajstić information content (AvgIpc) is 3.11. The summed E-state index contributed by atoms with van der Waals surface area (Å²) in [5.74, 6) is 0.888. The Labute approximate surface area is 288 Å². The summed E-state index contributed by atoms with van der Waals surface area (Å²) in [7, 11) is -4.13. The molecule has 254 valence electrons. The normalized spacial score (nSPS) is 13.7. The molecule has 0 spiro atoms. The van der Waals surface area contributed by atoms with Gasteiger partial charge in [0.2, 0.25) is 11.4 Å². The van der Waals surface area contributed by atoms with E-state index in [9.17, 15) is 13.2 Å². The number of benzene rings is 4. The summed E-state index contributed by atoms with van der Waals surface area (Å²) in [4.78, 5) is 0. The van der Waals surface area contributed by atoms with Gasteiger partial charge in [-0.15, -0.1) is 0 Å². The molecule has 0 saturated carbocycles. The number of methoxy groups -OCH3 is 1. The van der Waals surface area contributed by atoms with Crippen LogP contribution in [0.4, 0.5) is 13.2 Å². The Bertz CT molecular complexity index is 2470. The third-order valence-corrected chi connectivity index (χ3v) is 10.4. The number of pyridine rings is 2. The van der Waals surface area contributed by atoms with Gasteiger partial charge in [0.25, 0.3) is 0 Å². The fourth-order valence-electron chi connectivity index (χ4n) is 7.21. The molecule has 0 aliphatic carbocycles. The summed E-state index contributed by atoms with van der Waals surface area (Å²) in [6.45, 7) is 6.72. The Kier molecular flexibility index (Phi) is 8.48. The van der Waals surface area contributed by atoms with Crippen LogP contribution in [-0.4, -0.2) is 25.6 Å². The van der Waals surface area contributed by atoms with Crippen molar-refractivity contribution in [3.8, 4) is 28.3 Å². The maximum absolute atomic E-state index is 10.7. The second-order valence-corrected chi connectivity index (χ2v) is 14.1. The van der Waals surface area contributed by atoms with Gasteiger partial charge in [0.15, 0.2) is 25.5 Å². The van der Waals surface area contributed by atoms with Gasteiger partial charge in [-0.05, 0) is 87.7 Å². The van der Waals surface area contributed by atoms with E-state index in [1.165, 1.54) is 77.4 Å². The molecule has 8 rings (SSSR count). The lowest BCUT2D eigenvalue weighted by molar-refractivity contribution is -0.689. The van der Waals surface area contributed by atoms with Crippen molar-refractivity contribution in [3.63, 3.8) is 0 Å². The molecule has 0 unspecified atom stereocenters. The van der Waals surface area contributed by atoms with Crippen molar-refractivity contribution in [2.24, 2.45) is 0 Å². The Hall–Kier alpha value is -5.06. The zero-order chi connectivity index (χ0) is 35.4. The molecule has 2 aliphatic rings. The van der Waals surface area contributed by atoms with Crippen LogP contribution >= 0.6 is 0 Å². The largest absolute Gasteiger partial charge is 0.522 e. The number of aromatic nitrogens is 2. The minimum absolute atomic E-state index is 0.888. The van der Waals surface area contributed by atoms with Crippen LogP contribution < -0.4 is 13.9 Å². The molecule has 0 saturated heterocycles. The number of aryl methyl sites for hydroxylation is 2. The van der Waals surface area contributed by atoms with Gasteiger partial charge in [-0.1, -0.05) is 48.6 Å². The number of halogens is 3. The summed E-state index contributed by atoms with van der Waals surface area (Å²) >= 11 is 0. The number of rotatable bonds is 3. The Morgan fingerprint density at radius 2 is 1.34 bits per heavy atom. The highest BCUT2D eigenvalue weighted by molar-refractivity contribution is 7.86. The molecule has 6 nitrogen and oxygen atoms in total. The van der Waals surface area contributed by atoms with E-state index in [1.807, 2.05) is 6.07 Å². The first kappa shape index (κ1) is 33.4. The van der Waals surface area contributed by atoms with Gasteiger partial charge in [-0.2, -0.15) is 30.7 Å². The molecule has 6 aromatic rings. The van der Waals surface area contributed by atoms with E-state index in [-0.39, 0.29) is 0 Å². The van der Waals surface area contributed by atoms with Crippen LogP contribution in [0.3, 0.4) is 0 Å². The van der Waals surface area contributed by atoms with E-state index in [0.29, 0.717) is 0 Å². The molecule has 0 atom stereocenters. The summed E-state index contributed by atoms with van der Waals surface area (Å²) in [6, 6.07) is 28.6. The molecule has 4 heterocycles. The van der Waals surface area contributed by atoms with Crippen molar-refractivity contribution >= 4 is 43.8 Å². The molecule has 0 fully saturated rings. The topological polar surface area (TPSA) is 71.4 Å². The van der Waals surface area contributed by atoms with Gasteiger partial charge in [0.1, 0.15) is 5.75 Å². The van der Waals surface area contributed by atoms with E-state index in [2.05, 4.69) is 120 Å². The van der Waals surface area contributed by atoms with Crippen molar-refractivity contribution in [3.05, 3.63) is 125 Å². The second kappa shape index (κ2) is 12.7. The Balaban J connectivity index is 0.000000440. The standard InChI is InChI=1S/C39H34N2O.CHF3O3S/c1-25-26(2)34-17-21-41-19-15-29-6-4-5-7-35(29)39(41)38(34)37-33(25)16-20-40-18-14-28(23-36(37)40)9-8-27-10-11-31-24-32(42-3)13-12-30(31)22-27;2-1(3,4)8(5,6)7/h4-15,18-19,22-24H,16-17,20-21H2,1-3H3;(H,5,6,7)/q+2;/b9-8+;. The van der Waals surface area contributed by atoms with Crippen LogP contribution in [0.2, 0.25) is 0 Å². The summed E-state index contributed by atoms with van der Waals surface area (Å²) in [5.41, 5.74) is 8.42. The first-order valence-electron chi connectivity index (χ1n) is 16.2. The number of ether oxygens (including phenoxy) is 1. The molecular formula is C40H35F3N2O4S+2. The minimum atomic E-state index is -5.84. The number of nitrogens with zero attached hydrogens (tertiary/aromatic N) is 2. The Morgan fingerprint density at radius 1 is 0.740 bits per heavy atom. The third kappa shape index (κ3) is 6.03. The fourth-order valence-corrected chi connectivity index (χ4v) is 7.21. The maximum Gasteiger partial charge on any atom is 0.522 e. The van der Waals surface area contributed by atoms with E-state index in [0.717, 1.165) is 31.7 Å². The van der Waals surface area contributed by atoms with Gasteiger partial charge >= 0.3 is 15.6 Å². The third-order valence-electron chi connectivity index (χ3n) is 9.85. The predicted molar refractivity (Wildman–Crippen MR) is 189 cm³/mol. The molecular weight excluding hydrogens is 662 g/mol. The van der Waals surface area contributed by atoms with Gasteiger partial charge < -0.3 is 4.74 Å². The van der Waals surface area contributed by atoms with E-state index in [1.54, 1.807) is 7.11 Å². The SMILES string of the molecule is COc1ccc2cc(/C=C/c3cc[n+]4c(c3)-c3c(c(C)c(C)c5c3-c3c6ccccc6cc[n+]3CC5)CC4)ccc2c1.O=S(=O)(O)C(F)(F)F. The minimum Gasteiger partial charge on any atom is -0.497 e. The molecule has 2 aliphatic heterocycles. The first-order chi connectivity index (χ1) is 23.8. The first-order valence-corrected chi connectivity index (χ1v) is 17.7. The van der Waals surface area contributed by atoms with E-state index >= 15 is 0 Å². The molecule has 0 amide bonds. The highest BCUT2D eigenvalue weighted by atomic mass is 32.2. The highest BCUT2D eigenvalue weighted by Crippen LogP contribution is 2.44. The molecule has 2 aromatic heterocycles. The number of alkyl halides is 3. The van der Waals surface area contributed by atoms with Gasteiger partial charge in [-0.3, -0.25) is 4.55 Å². The van der Waals surface area contributed by atoms with Crippen LogP contribution in [-0.2, 0) is 36.0 Å². The molecule has 0 bridgehead atoms. The number of hydrogen-bond acceptors (Lipinski definition) is 3. The van der Waals surface area contributed by atoms with Crippen molar-refractivity contribution in [2.45, 2.75) is 45.3 Å². The molecule has 4 aromatic carbocycles. The van der Waals surface area contributed by atoms with Gasteiger partial charge in [-0.25, -0.2) is 0 Å². The van der Waals surface area contributed by atoms with Gasteiger partial charge in [0.05, 0.1) is 23.6 Å². The number of fused-ring (bicyclic) bond motifs is 10. The van der Waals surface area contributed by atoms with Gasteiger partial charge in [0, 0.05) is 31.0 Å². The van der Waals surface area contributed by atoms with Crippen molar-refractivity contribution in [1.29, 1.82) is 0 Å². The molecule has 1 N–H and O–H groups in total. The second-order valence-electron chi connectivity index (χ2n) is 12.7.